The third-order valence-electron chi connectivity index (χ3n) is 2.36. The van der Waals surface area contributed by atoms with Gasteiger partial charge in [0.1, 0.15) is 15.4 Å². The van der Waals surface area contributed by atoms with Crippen molar-refractivity contribution in [2.45, 2.75) is 0 Å². The Labute approximate surface area is 115 Å². The third-order valence-corrected chi connectivity index (χ3v) is 3.31. The maximum Gasteiger partial charge on any atom is 0.282 e. The summed E-state index contributed by atoms with van der Waals surface area (Å²) in [6.45, 7) is -0.130. The number of hydrazine groups is 1. The first-order chi connectivity index (χ1) is 9.24. The second-order valence-corrected chi connectivity index (χ2v) is 6.28. The predicted octanol–water partition coefficient (Wildman–Crippen LogP) is -0.345. The van der Waals surface area contributed by atoms with Crippen LogP contribution in [0, 0.1) is 10.1 Å². The van der Waals surface area contributed by atoms with Crippen molar-refractivity contribution >= 4 is 27.1 Å². The molecule has 0 spiro atoms. The van der Waals surface area contributed by atoms with Gasteiger partial charge >= 0.3 is 0 Å². The SMILES string of the molecule is CS(=O)(=O)CCNC(=O)c1cc(NN)ccc1[N+](=O)[O-]. The number of nitrogen functional groups attached to an aromatic ring is 1. The summed E-state index contributed by atoms with van der Waals surface area (Å²) >= 11 is 0. The molecule has 0 aliphatic rings. The first-order valence-corrected chi connectivity index (χ1v) is 7.51. The normalized spacial score (nSPS) is 10.9. The minimum absolute atomic E-state index is 0.130. The molecule has 0 saturated heterocycles. The topological polar surface area (TPSA) is 144 Å². The number of sulfone groups is 1. The van der Waals surface area contributed by atoms with Crippen molar-refractivity contribution in [2.75, 3.05) is 24.0 Å². The van der Waals surface area contributed by atoms with Crippen molar-refractivity contribution in [1.29, 1.82) is 0 Å². The molecular weight excluding hydrogens is 288 g/mol. The summed E-state index contributed by atoms with van der Waals surface area (Å²) in [7, 11) is -3.22. The quantitative estimate of drug-likeness (QED) is 0.370. The van der Waals surface area contributed by atoms with E-state index in [9.17, 15) is 23.3 Å². The average Bonchev–Trinajstić information content (AvgIpc) is 2.36. The van der Waals surface area contributed by atoms with Gasteiger partial charge in [-0.15, -0.1) is 0 Å². The first-order valence-electron chi connectivity index (χ1n) is 5.45. The zero-order valence-corrected chi connectivity index (χ0v) is 11.4. The largest absolute Gasteiger partial charge is 0.351 e. The monoisotopic (exact) mass is 302 g/mol. The van der Waals surface area contributed by atoms with Gasteiger partial charge in [-0.1, -0.05) is 0 Å². The number of benzene rings is 1. The van der Waals surface area contributed by atoms with Crippen LogP contribution in [0.5, 0.6) is 0 Å². The van der Waals surface area contributed by atoms with Crippen LogP contribution >= 0.6 is 0 Å². The lowest BCUT2D eigenvalue weighted by atomic mass is 10.1. The molecule has 0 unspecified atom stereocenters. The van der Waals surface area contributed by atoms with E-state index in [4.69, 9.17) is 5.84 Å². The van der Waals surface area contributed by atoms with E-state index in [0.717, 1.165) is 12.3 Å². The summed E-state index contributed by atoms with van der Waals surface area (Å²) in [5, 5.41) is 13.1. The number of carbonyl (C=O) groups is 1. The van der Waals surface area contributed by atoms with Crippen LogP contribution in [0.3, 0.4) is 0 Å². The molecule has 0 saturated carbocycles. The highest BCUT2D eigenvalue weighted by Gasteiger charge is 2.20. The molecule has 1 aromatic carbocycles. The minimum atomic E-state index is -3.22. The van der Waals surface area contributed by atoms with Crippen LogP contribution < -0.4 is 16.6 Å². The number of nitrogens with two attached hydrogens (primary N) is 1. The lowest BCUT2D eigenvalue weighted by Gasteiger charge is -2.07. The van der Waals surface area contributed by atoms with Crippen molar-refractivity contribution in [1.82, 2.24) is 5.32 Å². The van der Waals surface area contributed by atoms with E-state index in [2.05, 4.69) is 10.7 Å². The van der Waals surface area contributed by atoms with Crippen LogP contribution in [0.1, 0.15) is 10.4 Å². The number of hydrogen-bond acceptors (Lipinski definition) is 7. The Morgan fingerprint density at radius 3 is 2.60 bits per heavy atom. The van der Waals surface area contributed by atoms with Gasteiger partial charge in [0.2, 0.25) is 0 Å². The molecule has 0 bridgehead atoms. The van der Waals surface area contributed by atoms with E-state index >= 15 is 0 Å². The Hall–Kier alpha value is -2.20. The molecule has 0 radical (unpaired) electrons. The molecule has 4 N–H and O–H groups in total. The number of nitro groups is 1. The fraction of sp³-hybridized carbons (Fsp3) is 0.300. The Bertz CT molecular complexity index is 629. The summed E-state index contributed by atoms with van der Waals surface area (Å²) in [5.74, 6) is 4.18. The van der Waals surface area contributed by atoms with Crippen molar-refractivity contribution in [2.24, 2.45) is 5.84 Å². The van der Waals surface area contributed by atoms with Crippen molar-refractivity contribution in [3.8, 4) is 0 Å². The van der Waals surface area contributed by atoms with Gasteiger partial charge in [0.15, 0.2) is 0 Å². The lowest BCUT2D eigenvalue weighted by molar-refractivity contribution is -0.385. The minimum Gasteiger partial charge on any atom is -0.351 e. The number of nitrogens with zero attached hydrogens (tertiary/aromatic N) is 1. The van der Waals surface area contributed by atoms with Gasteiger partial charge in [-0.2, -0.15) is 0 Å². The Morgan fingerprint density at radius 1 is 1.45 bits per heavy atom. The van der Waals surface area contributed by atoms with Gasteiger partial charge in [0.05, 0.1) is 10.7 Å². The molecule has 0 heterocycles. The fourth-order valence-corrected chi connectivity index (χ4v) is 1.88. The number of carbonyl (C=O) groups excluding carboxylic acids is 1. The second-order valence-electron chi connectivity index (χ2n) is 4.02. The maximum atomic E-state index is 11.8. The standard InChI is InChI=1S/C10H14N4O5S/c1-20(18,19)5-4-12-10(15)8-6-7(13-11)2-3-9(8)14(16)17/h2-3,6,13H,4-5,11H2,1H3,(H,12,15). The van der Waals surface area contributed by atoms with Gasteiger partial charge < -0.3 is 10.7 Å². The number of amides is 1. The zero-order valence-electron chi connectivity index (χ0n) is 10.6. The fourth-order valence-electron chi connectivity index (χ4n) is 1.41. The van der Waals surface area contributed by atoms with Crippen molar-refractivity contribution < 1.29 is 18.1 Å². The number of nitrogens with one attached hydrogen (secondary N) is 2. The molecule has 20 heavy (non-hydrogen) atoms. The molecule has 10 heteroatoms. The maximum absolute atomic E-state index is 11.8. The summed E-state index contributed by atoms with van der Waals surface area (Å²) in [5.41, 5.74) is 2.01. The van der Waals surface area contributed by atoms with Gasteiger partial charge in [-0.25, -0.2) is 8.42 Å². The lowest BCUT2D eigenvalue weighted by Crippen LogP contribution is -2.29. The highest BCUT2D eigenvalue weighted by atomic mass is 32.2. The molecular formula is C10H14N4O5S. The van der Waals surface area contributed by atoms with Crippen LogP contribution in [0.25, 0.3) is 0 Å². The van der Waals surface area contributed by atoms with E-state index in [1.807, 2.05) is 0 Å². The average molecular weight is 302 g/mol. The molecule has 0 atom stereocenters. The number of rotatable bonds is 6. The Kier molecular flexibility index (Phi) is 5.00. The van der Waals surface area contributed by atoms with Crippen LogP contribution in [0.2, 0.25) is 0 Å². The van der Waals surface area contributed by atoms with Crippen LogP contribution in [0.4, 0.5) is 11.4 Å². The van der Waals surface area contributed by atoms with Gasteiger partial charge in [-0.05, 0) is 12.1 Å². The number of nitro benzene ring substituents is 1. The smallest absolute Gasteiger partial charge is 0.282 e. The molecule has 0 aliphatic carbocycles. The number of anilines is 1. The van der Waals surface area contributed by atoms with Gasteiger partial charge in [-0.3, -0.25) is 20.8 Å². The molecule has 1 rings (SSSR count). The Morgan fingerprint density at radius 2 is 2.10 bits per heavy atom. The summed E-state index contributed by atoms with van der Waals surface area (Å²) in [4.78, 5) is 22.0. The van der Waals surface area contributed by atoms with E-state index in [1.54, 1.807) is 0 Å². The van der Waals surface area contributed by atoms with Crippen LogP contribution in [-0.4, -0.2) is 37.8 Å². The third kappa shape index (κ3) is 4.48. The molecule has 9 nitrogen and oxygen atoms in total. The molecule has 110 valence electrons. The van der Waals surface area contributed by atoms with Gasteiger partial charge in [0, 0.05) is 24.6 Å². The van der Waals surface area contributed by atoms with Crippen molar-refractivity contribution in [3.05, 3.63) is 33.9 Å². The molecule has 0 aliphatic heterocycles. The highest BCUT2D eigenvalue weighted by molar-refractivity contribution is 7.90. The molecule has 1 amide bonds. The second kappa shape index (κ2) is 6.30. The highest BCUT2D eigenvalue weighted by Crippen LogP contribution is 2.22. The first kappa shape index (κ1) is 15.9. The molecule has 0 aromatic heterocycles. The van der Waals surface area contributed by atoms with E-state index in [0.29, 0.717) is 5.69 Å². The van der Waals surface area contributed by atoms with Crippen molar-refractivity contribution in [3.63, 3.8) is 0 Å². The van der Waals surface area contributed by atoms with Crippen LogP contribution in [0.15, 0.2) is 18.2 Å². The number of hydrogen-bond donors (Lipinski definition) is 3. The van der Waals surface area contributed by atoms with E-state index < -0.39 is 20.7 Å². The summed E-state index contributed by atoms with van der Waals surface area (Å²) in [6.07, 6.45) is 1.03. The van der Waals surface area contributed by atoms with E-state index in [-0.39, 0.29) is 23.5 Å². The zero-order chi connectivity index (χ0) is 15.3. The van der Waals surface area contributed by atoms with Crippen LogP contribution in [-0.2, 0) is 9.84 Å². The summed E-state index contributed by atoms with van der Waals surface area (Å²) < 4.78 is 21.9. The molecule has 0 fully saturated rings. The molecule has 1 aromatic rings. The summed E-state index contributed by atoms with van der Waals surface area (Å²) in [6, 6.07) is 3.71. The Balaban J connectivity index is 2.93. The van der Waals surface area contributed by atoms with E-state index in [1.165, 1.54) is 12.1 Å². The van der Waals surface area contributed by atoms with Gasteiger partial charge in [0.25, 0.3) is 11.6 Å². The predicted molar refractivity (Wildman–Crippen MR) is 73.0 cm³/mol.